The molecule has 0 spiro atoms. The van der Waals surface area contributed by atoms with Gasteiger partial charge in [0.2, 0.25) is 15.9 Å². The van der Waals surface area contributed by atoms with Gasteiger partial charge in [-0.25, -0.2) is 22.9 Å². The molecule has 0 unspecified atom stereocenters. The Balaban J connectivity index is 1.73. The average Bonchev–Trinajstić information content (AvgIpc) is 3.02. The normalized spacial score (nSPS) is 11.7. The fourth-order valence-electron chi connectivity index (χ4n) is 2.83. The predicted molar refractivity (Wildman–Crippen MR) is 110 cm³/mol. The molecule has 154 valence electrons. The van der Waals surface area contributed by atoms with Crippen LogP contribution in [0.3, 0.4) is 0 Å². The summed E-state index contributed by atoms with van der Waals surface area (Å²) in [6, 6.07) is 10.8. The zero-order valence-electron chi connectivity index (χ0n) is 15.8. The highest BCUT2D eigenvalue weighted by Gasteiger charge is 2.16. The number of nitrogens with two attached hydrogens (primary N) is 1. The Hall–Kier alpha value is -2.43. The van der Waals surface area contributed by atoms with Crippen LogP contribution >= 0.6 is 11.8 Å². The van der Waals surface area contributed by atoms with Crippen molar-refractivity contribution in [3.63, 3.8) is 0 Å². The van der Waals surface area contributed by atoms with Crippen LogP contribution in [0.1, 0.15) is 18.9 Å². The Morgan fingerprint density at radius 1 is 1.28 bits per heavy atom. The number of halogens is 1. The van der Waals surface area contributed by atoms with Crippen molar-refractivity contribution in [2.24, 2.45) is 5.14 Å². The molecule has 0 fully saturated rings. The molecule has 0 saturated heterocycles. The fourth-order valence-corrected chi connectivity index (χ4v) is 4.24. The minimum absolute atomic E-state index is 0.00895. The summed E-state index contributed by atoms with van der Waals surface area (Å²) < 4.78 is 38.7. The number of nitrogens with one attached hydrogen (secondary N) is 1. The standard InChI is InChI=1S/C19H21FN4O3S2/c1-2-9-24-17-8-7-14(29(21,26)27)10-16(17)23-19(24)28-12-18(25)22-11-13-5-3-4-6-15(13)20/h3-8,10H,2,9,11-12H2,1H3,(H,22,25)(H2,21,26,27). The van der Waals surface area contributed by atoms with Crippen LogP contribution in [0.25, 0.3) is 11.0 Å². The number of benzene rings is 2. The Kier molecular flexibility index (Phi) is 6.56. The number of aromatic nitrogens is 2. The van der Waals surface area contributed by atoms with Gasteiger partial charge in [-0.3, -0.25) is 4.79 Å². The summed E-state index contributed by atoms with van der Waals surface area (Å²) in [5.41, 5.74) is 1.69. The number of imidazole rings is 1. The number of thioether (sulfide) groups is 1. The lowest BCUT2D eigenvalue weighted by Crippen LogP contribution is -2.25. The molecule has 0 saturated carbocycles. The van der Waals surface area contributed by atoms with E-state index in [1.54, 1.807) is 24.3 Å². The number of carbonyl (C=O) groups excluding carboxylic acids is 1. The minimum Gasteiger partial charge on any atom is -0.351 e. The second-order valence-electron chi connectivity index (χ2n) is 6.40. The van der Waals surface area contributed by atoms with Crippen molar-refractivity contribution in [3.05, 3.63) is 53.8 Å². The molecule has 10 heteroatoms. The van der Waals surface area contributed by atoms with Gasteiger partial charge in [0.05, 0.1) is 21.7 Å². The maximum Gasteiger partial charge on any atom is 0.238 e. The number of primary sulfonamides is 1. The lowest BCUT2D eigenvalue weighted by atomic mass is 10.2. The largest absolute Gasteiger partial charge is 0.351 e. The number of fused-ring (bicyclic) bond motifs is 1. The summed E-state index contributed by atoms with van der Waals surface area (Å²) in [5, 5.41) is 8.49. The van der Waals surface area contributed by atoms with Crippen molar-refractivity contribution < 1.29 is 17.6 Å². The van der Waals surface area contributed by atoms with E-state index in [1.165, 1.54) is 30.0 Å². The second kappa shape index (κ2) is 8.93. The Labute approximate surface area is 172 Å². The van der Waals surface area contributed by atoms with E-state index < -0.39 is 10.0 Å². The van der Waals surface area contributed by atoms with E-state index >= 15 is 0 Å². The van der Waals surface area contributed by atoms with Crippen LogP contribution in [-0.2, 0) is 27.9 Å². The molecule has 0 atom stereocenters. The average molecular weight is 437 g/mol. The van der Waals surface area contributed by atoms with Crippen molar-refractivity contribution in [1.82, 2.24) is 14.9 Å². The van der Waals surface area contributed by atoms with Gasteiger partial charge in [0.15, 0.2) is 5.16 Å². The van der Waals surface area contributed by atoms with E-state index in [9.17, 15) is 17.6 Å². The van der Waals surface area contributed by atoms with E-state index in [4.69, 9.17) is 5.14 Å². The van der Waals surface area contributed by atoms with Gasteiger partial charge in [-0.2, -0.15) is 0 Å². The number of carbonyl (C=O) groups is 1. The maximum atomic E-state index is 13.6. The number of sulfonamides is 1. The Morgan fingerprint density at radius 3 is 2.72 bits per heavy atom. The molecule has 3 N–H and O–H groups in total. The zero-order chi connectivity index (χ0) is 21.0. The first-order valence-electron chi connectivity index (χ1n) is 8.95. The molecule has 0 radical (unpaired) electrons. The number of rotatable bonds is 8. The molecule has 0 bridgehead atoms. The summed E-state index contributed by atoms with van der Waals surface area (Å²) in [4.78, 5) is 16.7. The summed E-state index contributed by atoms with van der Waals surface area (Å²) in [6.45, 7) is 2.79. The summed E-state index contributed by atoms with van der Waals surface area (Å²) in [7, 11) is -3.82. The van der Waals surface area contributed by atoms with Gasteiger partial charge in [0.1, 0.15) is 5.82 Å². The SMILES string of the molecule is CCCn1c(SCC(=O)NCc2ccccc2F)nc2cc(S(N)(=O)=O)ccc21. The molecule has 1 heterocycles. The van der Waals surface area contributed by atoms with Gasteiger partial charge in [0, 0.05) is 18.7 Å². The van der Waals surface area contributed by atoms with Crippen molar-refractivity contribution in [1.29, 1.82) is 0 Å². The topological polar surface area (TPSA) is 107 Å². The first-order chi connectivity index (χ1) is 13.8. The van der Waals surface area contributed by atoms with Crippen molar-refractivity contribution in [2.75, 3.05) is 5.75 Å². The van der Waals surface area contributed by atoms with Gasteiger partial charge < -0.3 is 9.88 Å². The molecule has 0 aliphatic heterocycles. The lowest BCUT2D eigenvalue weighted by Gasteiger charge is -2.08. The van der Waals surface area contributed by atoms with E-state index in [-0.39, 0.29) is 28.9 Å². The van der Waals surface area contributed by atoms with Crippen LogP contribution in [-0.4, -0.2) is 29.6 Å². The van der Waals surface area contributed by atoms with Crippen LogP contribution in [0, 0.1) is 5.82 Å². The Morgan fingerprint density at radius 2 is 2.03 bits per heavy atom. The number of hydrogen-bond acceptors (Lipinski definition) is 5. The molecular weight excluding hydrogens is 415 g/mol. The van der Waals surface area contributed by atoms with Crippen molar-refractivity contribution in [3.8, 4) is 0 Å². The number of hydrogen-bond donors (Lipinski definition) is 2. The minimum atomic E-state index is -3.82. The first-order valence-corrected chi connectivity index (χ1v) is 11.5. The third-order valence-corrected chi connectivity index (χ3v) is 6.11. The molecule has 3 aromatic rings. The number of aryl methyl sites for hydroxylation is 1. The molecule has 7 nitrogen and oxygen atoms in total. The van der Waals surface area contributed by atoms with Crippen LogP contribution < -0.4 is 10.5 Å². The molecule has 0 aliphatic carbocycles. The highest BCUT2D eigenvalue weighted by Crippen LogP contribution is 2.26. The van der Waals surface area contributed by atoms with Crippen LogP contribution in [0.2, 0.25) is 0 Å². The van der Waals surface area contributed by atoms with Crippen molar-refractivity contribution >= 4 is 38.7 Å². The van der Waals surface area contributed by atoms with Gasteiger partial charge >= 0.3 is 0 Å². The molecule has 29 heavy (non-hydrogen) atoms. The third kappa shape index (κ3) is 5.14. The molecule has 1 amide bonds. The predicted octanol–water partition coefficient (Wildman–Crippen LogP) is 2.64. The third-order valence-electron chi connectivity index (χ3n) is 4.23. The van der Waals surface area contributed by atoms with Crippen molar-refractivity contribution in [2.45, 2.75) is 36.5 Å². The van der Waals surface area contributed by atoms with Crippen LogP contribution in [0.15, 0.2) is 52.5 Å². The first kappa shape index (κ1) is 21.3. The van der Waals surface area contributed by atoms with Crippen LogP contribution in [0.4, 0.5) is 4.39 Å². The van der Waals surface area contributed by atoms with Gasteiger partial charge in [-0.1, -0.05) is 36.9 Å². The van der Waals surface area contributed by atoms with Gasteiger partial charge in [-0.15, -0.1) is 0 Å². The van der Waals surface area contributed by atoms with E-state index in [0.717, 1.165) is 11.9 Å². The Bertz CT molecular complexity index is 1150. The van der Waals surface area contributed by atoms with Crippen LogP contribution in [0.5, 0.6) is 0 Å². The van der Waals surface area contributed by atoms with E-state index in [1.807, 2.05) is 11.5 Å². The van der Waals surface area contributed by atoms with E-state index in [0.29, 0.717) is 22.8 Å². The second-order valence-corrected chi connectivity index (χ2v) is 8.90. The molecular formula is C19H21FN4O3S2. The molecule has 1 aromatic heterocycles. The smallest absolute Gasteiger partial charge is 0.238 e. The number of amides is 1. The molecule has 0 aliphatic rings. The summed E-state index contributed by atoms with van der Waals surface area (Å²) in [5.74, 6) is -0.516. The highest BCUT2D eigenvalue weighted by molar-refractivity contribution is 7.99. The maximum absolute atomic E-state index is 13.6. The number of nitrogens with zero attached hydrogens (tertiary/aromatic N) is 2. The van der Waals surface area contributed by atoms with Gasteiger partial charge in [-0.05, 0) is 30.7 Å². The zero-order valence-corrected chi connectivity index (χ0v) is 17.4. The molecule has 2 aromatic carbocycles. The van der Waals surface area contributed by atoms with E-state index in [2.05, 4.69) is 10.3 Å². The fraction of sp³-hybridized carbons (Fsp3) is 0.263. The monoisotopic (exact) mass is 436 g/mol. The molecule has 3 rings (SSSR count). The highest BCUT2D eigenvalue weighted by atomic mass is 32.2. The summed E-state index contributed by atoms with van der Waals surface area (Å²) >= 11 is 1.24. The lowest BCUT2D eigenvalue weighted by molar-refractivity contribution is -0.118. The van der Waals surface area contributed by atoms with Gasteiger partial charge in [0.25, 0.3) is 0 Å². The summed E-state index contributed by atoms with van der Waals surface area (Å²) in [6.07, 6.45) is 0.843. The quantitative estimate of drug-likeness (QED) is 0.528.